The quantitative estimate of drug-likeness (QED) is 0.840. The minimum atomic E-state index is -0.0469. The van der Waals surface area contributed by atoms with E-state index in [1.807, 2.05) is 11.2 Å². The Morgan fingerprint density at radius 2 is 2.24 bits per heavy atom. The number of aromatic nitrogens is 2. The van der Waals surface area contributed by atoms with Crippen LogP contribution in [-0.2, 0) is 24.4 Å². The molecule has 0 atom stereocenters. The highest BCUT2D eigenvalue weighted by Gasteiger charge is 2.26. The fraction of sp³-hybridized carbons (Fsp3) is 0.421. The van der Waals surface area contributed by atoms with Gasteiger partial charge in [-0.1, -0.05) is 6.07 Å². The van der Waals surface area contributed by atoms with Crippen molar-refractivity contribution in [1.29, 1.82) is 5.26 Å². The van der Waals surface area contributed by atoms with Crippen LogP contribution in [0.2, 0.25) is 0 Å². The zero-order valence-electron chi connectivity index (χ0n) is 14.0. The fourth-order valence-electron chi connectivity index (χ4n) is 3.12. The molecule has 2 aromatic rings. The van der Waals surface area contributed by atoms with Crippen LogP contribution in [0.15, 0.2) is 30.6 Å². The highest BCUT2D eigenvalue weighted by Crippen LogP contribution is 2.29. The topological polar surface area (TPSA) is 71.2 Å². The van der Waals surface area contributed by atoms with Gasteiger partial charge in [-0.2, -0.15) is 5.26 Å². The number of amides is 1. The Kier molecular flexibility index (Phi) is 4.24. The van der Waals surface area contributed by atoms with Gasteiger partial charge in [-0.15, -0.1) is 0 Å². The Hall–Kier alpha value is -2.65. The zero-order chi connectivity index (χ0) is 17.2. The van der Waals surface area contributed by atoms with Crippen molar-refractivity contribution in [3.05, 3.63) is 53.1 Å². The third kappa shape index (κ3) is 3.42. The van der Waals surface area contributed by atoms with E-state index in [-0.39, 0.29) is 5.91 Å². The molecular weight excluding hydrogens is 316 g/mol. The molecule has 0 radical (unpaired) electrons. The number of hydrogen-bond acceptors (Lipinski definition) is 4. The molecule has 0 N–H and O–H groups in total. The number of carbonyl (C=O) groups excluding carboxylic acids is 1. The molecule has 2 heterocycles. The Morgan fingerprint density at radius 1 is 1.36 bits per heavy atom. The summed E-state index contributed by atoms with van der Waals surface area (Å²) in [6.07, 6.45) is 4.37. The molecule has 25 heavy (non-hydrogen) atoms. The predicted octanol–water partition coefficient (Wildman–Crippen LogP) is 2.34. The Labute approximate surface area is 146 Å². The molecule has 128 valence electrons. The van der Waals surface area contributed by atoms with Crippen LogP contribution in [0.1, 0.15) is 40.2 Å². The standard InChI is InChI=1S/C19H20N4O2/c20-9-15-2-1-3-16(8-15)19(24)22-6-7-23-13-21-17(18(23)10-22)12-25-11-14-4-5-14/h1-3,8,13-14H,4-7,10-12H2. The molecule has 1 aliphatic heterocycles. The van der Waals surface area contributed by atoms with Crippen LogP contribution in [0.5, 0.6) is 0 Å². The average molecular weight is 336 g/mol. The van der Waals surface area contributed by atoms with E-state index in [0.717, 1.165) is 30.5 Å². The van der Waals surface area contributed by atoms with E-state index in [9.17, 15) is 4.79 Å². The number of carbonyl (C=O) groups is 1. The van der Waals surface area contributed by atoms with Crippen LogP contribution in [0.4, 0.5) is 0 Å². The minimum absolute atomic E-state index is 0.0469. The molecule has 0 spiro atoms. The largest absolute Gasteiger partial charge is 0.375 e. The molecule has 1 saturated carbocycles. The molecule has 1 aromatic heterocycles. The number of fused-ring (bicyclic) bond motifs is 1. The second kappa shape index (κ2) is 6.69. The summed E-state index contributed by atoms with van der Waals surface area (Å²) >= 11 is 0. The molecule has 0 bridgehead atoms. The first kappa shape index (κ1) is 15.9. The van der Waals surface area contributed by atoms with Gasteiger partial charge in [0.25, 0.3) is 5.91 Å². The molecule has 1 amide bonds. The van der Waals surface area contributed by atoms with Gasteiger partial charge in [-0.3, -0.25) is 4.79 Å². The van der Waals surface area contributed by atoms with Crippen molar-refractivity contribution in [1.82, 2.24) is 14.5 Å². The number of benzene rings is 1. The first-order valence-electron chi connectivity index (χ1n) is 8.64. The first-order chi connectivity index (χ1) is 12.2. The fourth-order valence-corrected chi connectivity index (χ4v) is 3.12. The zero-order valence-corrected chi connectivity index (χ0v) is 14.0. The lowest BCUT2D eigenvalue weighted by Gasteiger charge is -2.29. The third-order valence-corrected chi connectivity index (χ3v) is 4.80. The van der Waals surface area contributed by atoms with Crippen molar-refractivity contribution in [2.75, 3.05) is 13.2 Å². The normalized spacial score (nSPS) is 16.4. The lowest BCUT2D eigenvalue weighted by molar-refractivity contribution is 0.0704. The number of ether oxygens (including phenoxy) is 1. The maximum absolute atomic E-state index is 12.8. The molecule has 1 fully saturated rings. The van der Waals surface area contributed by atoms with Crippen molar-refractivity contribution < 1.29 is 9.53 Å². The molecule has 6 heteroatoms. The summed E-state index contributed by atoms with van der Waals surface area (Å²) < 4.78 is 7.87. The molecule has 0 saturated heterocycles. The summed E-state index contributed by atoms with van der Waals surface area (Å²) in [4.78, 5) is 19.1. The van der Waals surface area contributed by atoms with Crippen LogP contribution in [0.25, 0.3) is 0 Å². The summed E-state index contributed by atoms with van der Waals surface area (Å²) in [5.74, 6) is 0.679. The van der Waals surface area contributed by atoms with Gasteiger partial charge in [0.1, 0.15) is 0 Å². The van der Waals surface area contributed by atoms with Crippen molar-refractivity contribution >= 4 is 5.91 Å². The lowest BCUT2D eigenvalue weighted by atomic mass is 10.1. The van der Waals surface area contributed by atoms with Gasteiger partial charge >= 0.3 is 0 Å². The van der Waals surface area contributed by atoms with Gasteiger partial charge in [-0.25, -0.2) is 4.98 Å². The monoisotopic (exact) mass is 336 g/mol. The van der Waals surface area contributed by atoms with E-state index in [0.29, 0.717) is 30.8 Å². The molecule has 1 aliphatic carbocycles. The number of nitriles is 1. The van der Waals surface area contributed by atoms with Crippen LogP contribution >= 0.6 is 0 Å². The van der Waals surface area contributed by atoms with Crippen molar-refractivity contribution in [2.45, 2.75) is 32.5 Å². The van der Waals surface area contributed by atoms with Gasteiger partial charge in [0.05, 0.1) is 42.5 Å². The molecule has 4 rings (SSSR count). The Bertz CT molecular complexity index is 832. The third-order valence-electron chi connectivity index (χ3n) is 4.80. The Balaban J connectivity index is 1.46. The highest BCUT2D eigenvalue weighted by atomic mass is 16.5. The molecule has 6 nitrogen and oxygen atoms in total. The van der Waals surface area contributed by atoms with Crippen LogP contribution in [0, 0.1) is 17.2 Å². The van der Waals surface area contributed by atoms with Crippen molar-refractivity contribution in [3.8, 4) is 6.07 Å². The second-order valence-electron chi connectivity index (χ2n) is 6.71. The van der Waals surface area contributed by atoms with Crippen molar-refractivity contribution in [3.63, 3.8) is 0 Å². The van der Waals surface area contributed by atoms with Gasteiger partial charge in [-0.05, 0) is 37.0 Å². The van der Waals surface area contributed by atoms with Gasteiger partial charge in [0.15, 0.2) is 0 Å². The van der Waals surface area contributed by atoms with E-state index < -0.39 is 0 Å². The van der Waals surface area contributed by atoms with E-state index in [4.69, 9.17) is 10.00 Å². The summed E-state index contributed by atoms with van der Waals surface area (Å²) in [5.41, 5.74) is 3.02. The SMILES string of the molecule is N#Cc1cccc(C(=O)N2CCn3cnc(COCC4CC4)c3C2)c1. The van der Waals surface area contributed by atoms with E-state index in [1.54, 1.807) is 24.3 Å². The van der Waals surface area contributed by atoms with Crippen molar-refractivity contribution in [2.24, 2.45) is 5.92 Å². The summed E-state index contributed by atoms with van der Waals surface area (Å²) in [7, 11) is 0. The van der Waals surface area contributed by atoms with Gasteiger partial charge in [0.2, 0.25) is 0 Å². The number of nitrogens with zero attached hydrogens (tertiary/aromatic N) is 4. The lowest BCUT2D eigenvalue weighted by Crippen LogP contribution is -2.38. The van der Waals surface area contributed by atoms with Gasteiger partial charge in [0, 0.05) is 25.3 Å². The number of imidazole rings is 1. The highest BCUT2D eigenvalue weighted by molar-refractivity contribution is 5.94. The van der Waals surface area contributed by atoms with Gasteiger partial charge < -0.3 is 14.2 Å². The molecule has 2 aliphatic rings. The van der Waals surface area contributed by atoms with Crippen LogP contribution in [0.3, 0.4) is 0 Å². The van der Waals surface area contributed by atoms with Crippen LogP contribution < -0.4 is 0 Å². The summed E-state index contributed by atoms with van der Waals surface area (Å²) in [6.45, 7) is 3.20. The Morgan fingerprint density at radius 3 is 3.04 bits per heavy atom. The molecule has 1 aromatic carbocycles. The first-order valence-corrected chi connectivity index (χ1v) is 8.64. The summed E-state index contributed by atoms with van der Waals surface area (Å²) in [6, 6.07) is 8.94. The van der Waals surface area contributed by atoms with Crippen LogP contribution in [-0.4, -0.2) is 33.5 Å². The second-order valence-corrected chi connectivity index (χ2v) is 6.71. The predicted molar refractivity (Wildman–Crippen MR) is 90.5 cm³/mol. The van der Waals surface area contributed by atoms with E-state index in [2.05, 4.69) is 15.6 Å². The van der Waals surface area contributed by atoms with E-state index in [1.165, 1.54) is 12.8 Å². The minimum Gasteiger partial charge on any atom is -0.375 e. The number of hydrogen-bond donors (Lipinski definition) is 0. The average Bonchev–Trinajstić information content (AvgIpc) is 3.40. The number of rotatable bonds is 5. The smallest absolute Gasteiger partial charge is 0.254 e. The van der Waals surface area contributed by atoms with E-state index >= 15 is 0 Å². The maximum atomic E-state index is 12.8. The summed E-state index contributed by atoms with van der Waals surface area (Å²) in [5, 5.41) is 9.02. The maximum Gasteiger partial charge on any atom is 0.254 e. The molecule has 0 unspecified atom stereocenters. The molecular formula is C19H20N4O2.